The fourth-order valence-corrected chi connectivity index (χ4v) is 4.78. The van der Waals surface area contributed by atoms with Crippen molar-refractivity contribution in [3.05, 3.63) is 0 Å². The van der Waals surface area contributed by atoms with E-state index in [1.54, 1.807) is 0 Å². The minimum Gasteiger partial charge on any atom is -0.379 e. The summed E-state index contributed by atoms with van der Waals surface area (Å²) in [5.41, 5.74) is -0.748. The molecule has 0 aromatic carbocycles. The van der Waals surface area contributed by atoms with Gasteiger partial charge in [0.1, 0.15) is 11.6 Å². The second-order valence-corrected chi connectivity index (χ2v) is 13.8. The fourth-order valence-electron chi connectivity index (χ4n) is 4.78. The lowest BCUT2D eigenvalue weighted by Crippen LogP contribution is -2.57. The minimum absolute atomic E-state index is 0.115. The Morgan fingerprint density at radius 2 is 0.852 bits per heavy atom. The number of carbonyl (C=O) groups excluding carboxylic acids is 3. The standard InChI is InChI=1S/C40H78N2O12/c1-6-17-46-26-29-49-20-9-11-37(43)13-22-52-33-40(42-32-36(4)5,34-53-23-14-38(44)12-10-21-50-30-27-47-18-7-2)35-54-24-15-39(45)41-16-25-51-31-28-48-19-8-3/h36,42H,6-35H2,1-5H3,(H,41,45). The lowest BCUT2D eigenvalue weighted by atomic mass is 10.0. The summed E-state index contributed by atoms with van der Waals surface area (Å²) >= 11 is 0. The normalized spacial score (nSPS) is 11.8. The third kappa shape index (κ3) is 36.1. The van der Waals surface area contributed by atoms with Crippen LogP contribution in [0.4, 0.5) is 0 Å². The van der Waals surface area contributed by atoms with Crippen molar-refractivity contribution >= 4 is 17.5 Å². The minimum atomic E-state index is -0.748. The number of amides is 1. The number of ketones is 2. The van der Waals surface area contributed by atoms with Gasteiger partial charge in [0.15, 0.2) is 0 Å². The van der Waals surface area contributed by atoms with E-state index >= 15 is 0 Å². The first-order valence-electron chi connectivity index (χ1n) is 20.5. The van der Waals surface area contributed by atoms with E-state index in [4.69, 9.17) is 42.6 Å². The van der Waals surface area contributed by atoms with Gasteiger partial charge in [-0.2, -0.15) is 0 Å². The van der Waals surface area contributed by atoms with Crippen LogP contribution >= 0.6 is 0 Å². The molecule has 0 aromatic rings. The fraction of sp³-hybridized carbons (Fsp3) is 0.925. The smallest absolute Gasteiger partial charge is 0.222 e. The van der Waals surface area contributed by atoms with Gasteiger partial charge in [-0.25, -0.2) is 0 Å². The van der Waals surface area contributed by atoms with Crippen LogP contribution < -0.4 is 10.6 Å². The van der Waals surface area contributed by atoms with E-state index in [-0.39, 0.29) is 63.5 Å². The van der Waals surface area contributed by atoms with Crippen LogP contribution in [-0.4, -0.2) is 155 Å². The van der Waals surface area contributed by atoms with Crippen molar-refractivity contribution in [2.75, 3.05) is 132 Å². The van der Waals surface area contributed by atoms with Gasteiger partial charge in [0.25, 0.3) is 0 Å². The molecule has 54 heavy (non-hydrogen) atoms. The summed E-state index contributed by atoms with van der Waals surface area (Å²) in [6.45, 7) is 19.7. The molecule has 320 valence electrons. The van der Waals surface area contributed by atoms with E-state index in [9.17, 15) is 14.4 Å². The van der Waals surface area contributed by atoms with Crippen LogP contribution in [-0.2, 0) is 57.0 Å². The predicted octanol–water partition coefficient (Wildman–Crippen LogP) is 4.34. The molecule has 0 aliphatic rings. The molecule has 2 N–H and O–H groups in total. The zero-order valence-electron chi connectivity index (χ0n) is 34.7. The molecular weight excluding hydrogens is 700 g/mol. The molecule has 0 atom stereocenters. The van der Waals surface area contributed by atoms with E-state index < -0.39 is 5.54 Å². The number of carbonyl (C=O) groups is 3. The lowest BCUT2D eigenvalue weighted by molar-refractivity contribution is -0.123. The summed E-state index contributed by atoms with van der Waals surface area (Å²) in [6, 6.07) is 0. The SMILES string of the molecule is CCCOCCOCCCC(=O)CCOCC(COCCC(=O)CCCOCCOCCC)(COCCC(=O)NCCOCCOCCC)NCC(C)C. The summed E-state index contributed by atoms with van der Waals surface area (Å²) in [5, 5.41) is 6.42. The highest BCUT2D eigenvalue weighted by atomic mass is 16.5. The Morgan fingerprint density at radius 3 is 1.26 bits per heavy atom. The molecule has 0 unspecified atom stereocenters. The van der Waals surface area contributed by atoms with E-state index in [2.05, 4.69) is 45.3 Å². The van der Waals surface area contributed by atoms with E-state index in [1.165, 1.54) is 0 Å². The molecule has 0 heterocycles. The summed E-state index contributed by atoms with van der Waals surface area (Å²) in [7, 11) is 0. The van der Waals surface area contributed by atoms with Gasteiger partial charge in [-0.15, -0.1) is 0 Å². The second kappa shape index (κ2) is 39.6. The Kier molecular flexibility index (Phi) is 38.5. The van der Waals surface area contributed by atoms with Crippen molar-refractivity contribution < 1.29 is 57.0 Å². The number of Topliss-reactive ketones (excluding diaryl/α,β-unsaturated/α-hetero) is 2. The van der Waals surface area contributed by atoms with Crippen LogP contribution in [0.1, 0.15) is 98.8 Å². The molecule has 0 aliphatic heterocycles. The maximum Gasteiger partial charge on any atom is 0.222 e. The van der Waals surface area contributed by atoms with Gasteiger partial charge in [-0.3, -0.25) is 14.4 Å². The summed E-state index contributed by atoms with van der Waals surface area (Å²) in [6.07, 6.45) is 5.87. The Bertz CT molecular complexity index is 767. The summed E-state index contributed by atoms with van der Waals surface area (Å²) in [5.74, 6) is 0.434. The van der Waals surface area contributed by atoms with E-state index in [0.29, 0.717) is 124 Å². The van der Waals surface area contributed by atoms with Crippen molar-refractivity contribution in [1.29, 1.82) is 0 Å². The van der Waals surface area contributed by atoms with Gasteiger partial charge < -0.3 is 53.3 Å². The Labute approximate surface area is 327 Å². The summed E-state index contributed by atoms with van der Waals surface area (Å²) in [4.78, 5) is 37.4. The highest BCUT2D eigenvalue weighted by molar-refractivity contribution is 5.78. The Hall–Kier alpha value is -1.59. The van der Waals surface area contributed by atoms with E-state index in [1.807, 2.05) is 0 Å². The highest BCUT2D eigenvalue weighted by Gasteiger charge is 2.32. The van der Waals surface area contributed by atoms with Crippen LogP contribution in [0.15, 0.2) is 0 Å². The molecule has 0 saturated carbocycles. The first-order valence-corrected chi connectivity index (χ1v) is 20.5. The molecule has 0 aliphatic carbocycles. The van der Waals surface area contributed by atoms with Crippen molar-refractivity contribution in [1.82, 2.24) is 10.6 Å². The number of ether oxygens (including phenoxy) is 9. The monoisotopic (exact) mass is 779 g/mol. The molecule has 0 rings (SSSR count). The average Bonchev–Trinajstić information content (AvgIpc) is 3.16. The molecule has 0 radical (unpaired) electrons. The zero-order chi connectivity index (χ0) is 39.8. The molecule has 0 aromatic heterocycles. The Morgan fingerprint density at radius 1 is 0.463 bits per heavy atom. The second-order valence-electron chi connectivity index (χ2n) is 13.8. The van der Waals surface area contributed by atoms with Gasteiger partial charge in [0.05, 0.1) is 91.4 Å². The maximum absolute atomic E-state index is 12.5. The van der Waals surface area contributed by atoms with Gasteiger partial charge in [0, 0.05) is 71.7 Å². The highest BCUT2D eigenvalue weighted by Crippen LogP contribution is 2.12. The molecule has 14 nitrogen and oxygen atoms in total. The predicted molar refractivity (Wildman–Crippen MR) is 209 cm³/mol. The largest absolute Gasteiger partial charge is 0.379 e. The number of nitrogens with one attached hydrogen (secondary N) is 2. The topological polar surface area (TPSA) is 158 Å². The van der Waals surface area contributed by atoms with Gasteiger partial charge in [0.2, 0.25) is 5.91 Å². The third-order valence-corrected chi connectivity index (χ3v) is 7.76. The first-order chi connectivity index (χ1) is 26.3. The molecule has 0 fully saturated rings. The van der Waals surface area contributed by atoms with Gasteiger partial charge >= 0.3 is 0 Å². The van der Waals surface area contributed by atoms with Crippen molar-refractivity contribution in [3.63, 3.8) is 0 Å². The number of rotatable bonds is 44. The summed E-state index contributed by atoms with van der Waals surface area (Å²) < 4.78 is 51.0. The first kappa shape index (κ1) is 52.4. The quantitative estimate of drug-likeness (QED) is 0.0843. The average molecular weight is 779 g/mol. The van der Waals surface area contributed by atoms with Crippen LogP contribution in [0, 0.1) is 5.92 Å². The van der Waals surface area contributed by atoms with Crippen LogP contribution in [0.25, 0.3) is 0 Å². The van der Waals surface area contributed by atoms with Crippen molar-refractivity contribution in [2.24, 2.45) is 5.92 Å². The molecule has 0 spiro atoms. The lowest BCUT2D eigenvalue weighted by Gasteiger charge is -2.35. The molecule has 0 saturated heterocycles. The van der Waals surface area contributed by atoms with Crippen LogP contribution in [0.2, 0.25) is 0 Å². The maximum atomic E-state index is 12.5. The van der Waals surface area contributed by atoms with Crippen LogP contribution in [0.5, 0.6) is 0 Å². The van der Waals surface area contributed by atoms with E-state index in [0.717, 1.165) is 32.5 Å². The van der Waals surface area contributed by atoms with Crippen LogP contribution in [0.3, 0.4) is 0 Å². The van der Waals surface area contributed by atoms with Crippen molar-refractivity contribution in [3.8, 4) is 0 Å². The van der Waals surface area contributed by atoms with Crippen molar-refractivity contribution in [2.45, 2.75) is 104 Å². The zero-order valence-corrected chi connectivity index (χ0v) is 34.7. The Balaban J connectivity index is 4.89. The molecule has 0 bridgehead atoms. The third-order valence-electron chi connectivity index (χ3n) is 7.76. The van der Waals surface area contributed by atoms with Gasteiger partial charge in [-0.05, 0) is 44.6 Å². The van der Waals surface area contributed by atoms with Gasteiger partial charge in [-0.1, -0.05) is 34.6 Å². The number of hydrogen-bond acceptors (Lipinski definition) is 13. The molecule has 14 heteroatoms. The molecule has 1 amide bonds. The number of hydrogen-bond donors (Lipinski definition) is 2. The molecular formula is C40H78N2O12.